The fourth-order valence-electron chi connectivity index (χ4n) is 3.42. The molecule has 1 aliphatic rings. The Morgan fingerprint density at radius 2 is 2.34 bits per heavy atom. The molecule has 0 amide bonds. The zero-order valence-corrected chi connectivity index (χ0v) is 16.6. The van der Waals surface area contributed by atoms with Crippen LogP contribution >= 0.6 is 0 Å². The van der Waals surface area contributed by atoms with Crippen LogP contribution in [0, 0.1) is 0 Å². The van der Waals surface area contributed by atoms with Crippen molar-refractivity contribution < 1.29 is 4.74 Å². The van der Waals surface area contributed by atoms with Gasteiger partial charge in [0.05, 0.1) is 6.54 Å². The van der Waals surface area contributed by atoms with E-state index in [0.717, 1.165) is 53.9 Å². The lowest BCUT2D eigenvalue weighted by Gasteiger charge is -2.25. The molecule has 4 rings (SSSR count). The number of benzene rings is 1. The molecule has 1 aliphatic heterocycles. The van der Waals surface area contributed by atoms with Gasteiger partial charge in [0.1, 0.15) is 18.8 Å². The summed E-state index contributed by atoms with van der Waals surface area (Å²) in [7, 11) is 3.43. The summed E-state index contributed by atoms with van der Waals surface area (Å²) >= 11 is 0. The van der Waals surface area contributed by atoms with Gasteiger partial charge in [-0.1, -0.05) is 18.2 Å². The molecule has 0 fully saturated rings. The normalized spacial score (nSPS) is 16.5. The van der Waals surface area contributed by atoms with Gasteiger partial charge in [-0.2, -0.15) is 10.2 Å². The van der Waals surface area contributed by atoms with Gasteiger partial charge in [0, 0.05) is 38.7 Å². The van der Waals surface area contributed by atoms with Crippen molar-refractivity contribution in [2.75, 3.05) is 14.2 Å². The Kier molecular flexibility index (Phi) is 5.80. The Bertz CT molecular complexity index is 964. The number of fused-ring (bicyclic) bond motifs is 1. The van der Waals surface area contributed by atoms with Crippen LogP contribution in [0.5, 0.6) is 0 Å². The van der Waals surface area contributed by atoms with E-state index in [2.05, 4.69) is 53.0 Å². The number of hydrogen-bond donors (Lipinski definition) is 3. The molecule has 1 unspecified atom stereocenters. The molecule has 10 nitrogen and oxygen atoms in total. The molecule has 0 radical (unpaired) electrons. The number of H-pyrrole nitrogens is 1. The lowest BCUT2D eigenvalue weighted by molar-refractivity contribution is 0.177. The number of rotatable bonds is 6. The van der Waals surface area contributed by atoms with Crippen molar-refractivity contribution >= 4 is 5.96 Å². The smallest absolute Gasteiger partial charge is 0.191 e. The molecular formula is C19H25N9O. The van der Waals surface area contributed by atoms with E-state index in [1.165, 1.54) is 6.33 Å². The van der Waals surface area contributed by atoms with Gasteiger partial charge in [0.15, 0.2) is 17.6 Å². The van der Waals surface area contributed by atoms with Gasteiger partial charge in [-0.3, -0.25) is 10.1 Å². The lowest BCUT2D eigenvalue weighted by Crippen LogP contribution is -2.46. The molecule has 1 aromatic carbocycles. The molecule has 0 spiro atoms. The summed E-state index contributed by atoms with van der Waals surface area (Å²) in [5.41, 5.74) is 2.14. The second kappa shape index (κ2) is 8.82. The zero-order valence-electron chi connectivity index (χ0n) is 16.6. The van der Waals surface area contributed by atoms with Crippen LogP contribution in [0.2, 0.25) is 0 Å². The highest BCUT2D eigenvalue weighted by molar-refractivity contribution is 5.80. The summed E-state index contributed by atoms with van der Waals surface area (Å²) in [4.78, 5) is 13.1. The average Bonchev–Trinajstić information content (AvgIpc) is 3.41. The summed E-state index contributed by atoms with van der Waals surface area (Å²) < 4.78 is 7.09. The van der Waals surface area contributed by atoms with E-state index >= 15 is 0 Å². The number of nitrogens with zero attached hydrogens (tertiary/aromatic N) is 6. The van der Waals surface area contributed by atoms with Gasteiger partial charge in [-0.15, -0.1) is 0 Å². The fourth-order valence-corrected chi connectivity index (χ4v) is 3.42. The highest BCUT2D eigenvalue weighted by Crippen LogP contribution is 2.16. The minimum Gasteiger partial charge on any atom is -0.377 e. The Morgan fingerprint density at radius 3 is 3.14 bits per heavy atom. The van der Waals surface area contributed by atoms with Crippen molar-refractivity contribution in [3.05, 3.63) is 47.8 Å². The van der Waals surface area contributed by atoms with Crippen molar-refractivity contribution in [3.8, 4) is 11.4 Å². The quantitative estimate of drug-likeness (QED) is 0.419. The van der Waals surface area contributed by atoms with Crippen molar-refractivity contribution in [2.45, 2.75) is 38.6 Å². The van der Waals surface area contributed by atoms with E-state index in [9.17, 15) is 0 Å². The van der Waals surface area contributed by atoms with E-state index in [0.29, 0.717) is 13.2 Å². The molecule has 0 saturated carbocycles. The summed E-state index contributed by atoms with van der Waals surface area (Å²) in [6, 6.07) is 8.41. The molecule has 10 heteroatoms. The van der Waals surface area contributed by atoms with Gasteiger partial charge in [-0.05, 0) is 18.1 Å². The third kappa shape index (κ3) is 4.60. The number of nitrogens with one attached hydrogen (secondary N) is 3. The summed E-state index contributed by atoms with van der Waals surface area (Å²) in [5, 5.41) is 18.2. The molecule has 152 valence electrons. The Hall–Kier alpha value is -3.27. The van der Waals surface area contributed by atoms with Gasteiger partial charge in [0.2, 0.25) is 0 Å². The zero-order chi connectivity index (χ0) is 20.1. The number of aryl methyl sites for hydroxylation is 1. The predicted molar refractivity (Wildman–Crippen MR) is 108 cm³/mol. The van der Waals surface area contributed by atoms with Gasteiger partial charge < -0.3 is 15.4 Å². The first-order valence-corrected chi connectivity index (χ1v) is 9.58. The number of guanidine groups is 1. The third-order valence-corrected chi connectivity index (χ3v) is 4.82. The van der Waals surface area contributed by atoms with Crippen LogP contribution in [0.25, 0.3) is 11.4 Å². The highest BCUT2D eigenvalue weighted by atomic mass is 16.5. The van der Waals surface area contributed by atoms with Crippen molar-refractivity contribution in [2.24, 2.45) is 4.99 Å². The van der Waals surface area contributed by atoms with E-state index in [-0.39, 0.29) is 6.04 Å². The maximum absolute atomic E-state index is 5.13. The second-order valence-electron chi connectivity index (χ2n) is 6.90. The van der Waals surface area contributed by atoms with Crippen molar-refractivity contribution in [1.29, 1.82) is 0 Å². The Labute approximate surface area is 168 Å². The number of methoxy groups -OCH3 is 1. The van der Waals surface area contributed by atoms with Crippen molar-refractivity contribution in [1.82, 2.24) is 40.6 Å². The van der Waals surface area contributed by atoms with Crippen LogP contribution in [-0.4, -0.2) is 56.1 Å². The third-order valence-electron chi connectivity index (χ3n) is 4.82. The molecular weight excluding hydrogens is 370 g/mol. The fraction of sp³-hybridized carbons (Fsp3) is 0.421. The van der Waals surface area contributed by atoms with Crippen LogP contribution in [0.15, 0.2) is 35.6 Å². The predicted octanol–water partition coefficient (Wildman–Crippen LogP) is 0.890. The van der Waals surface area contributed by atoms with Crippen LogP contribution in [0.1, 0.15) is 23.6 Å². The molecule has 0 saturated heterocycles. The Balaban J connectivity index is 1.34. The SMILES string of the molecule is CN=C(NCc1cccc(-c2ncn[nH]2)c1)NC1CCc2nc(COC)nn2C1. The molecule has 3 N–H and O–H groups in total. The van der Waals surface area contributed by atoms with E-state index in [1.54, 1.807) is 14.2 Å². The first kappa shape index (κ1) is 19.1. The van der Waals surface area contributed by atoms with Crippen LogP contribution < -0.4 is 10.6 Å². The first-order chi connectivity index (χ1) is 14.2. The van der Waals surface area contributed by atoms with E-state index in [4.69, 9.17) is 4.74 Å². The standard InChI is InChI=1S/C19H25N9O/c1-20-19(21-9-13-4-3-5-14(8-13)18-22-12-23-26-18)24-15-6-7-17-25-16(11-29-2)27-28(17)10-15/h3-5,8,12,15H,6-7,9-11H2,1-2H3,(H2,20,21,24)(H,22,23,26). The summed E-state index contributed by atoms with van der Waals surface area (Å²) in [6.07, 6.45) is 3.37. The second-order valence-corrected chi connectivity index (χ2v) is 6.90. The Morgan fingerprint density at radius 1 is 1.41 bits per heavy atom. The molecule has 0 bridgehead atoms. The maximum atomic E-state index is 5.13. The minimum atomic E-state index is 0.242. The van der Waals surface area contributed by atoms with Crippen LogP contribution in [-0.2, 0) is 30.9 Å². The maximum Gasteiger partial charge on any atom is 0.191 e. The first-order valence-electron chi connectivity index (χ1n) is 9.58. The number of aromatic nitrogens is 6. The topological polar surface area (TPSA) is 118 Å². The van der Waals surface area contributed by atoms with Gasteiger partial charge in [-0.25, -0.2) is 14.6 Å². The monoisotopic (exact) mass is 395 g/mol. The minimum absolute atomic E-state index is 0.242. The van der Waals surface area contributed by atoms with E-state index in [1.807, 2.05) is 16.8 Å². The summed E-state index contributed by atoms with van der Waals surface area (Å²) in [5.74, 6) is 3.27. The largest absolute Gasteiger partial charge is 0.377 e. The molecule has 1 atom stereocenters. The van der Waals surface area contributed by atoms with E-state index < -0.39 is 0 Å². The molecule has 3 aromatic rings. The lowest BCUT2D eigenvalue weighted by atomic mass is 10.1. The number of hydrogen-bond acceptors (Lipinski definition) is 6. The van der Waals surface area contributed by atoms with Gasteiger partial charge >= 0.3 is 0 Å². The number of ether oxygens (including phenoxy) is 1. The number of aromatic amines is 1. The average molecular weight is 395 g/mol. The molecule has 0 aliphatic carbocycles. The molecule has 29 heavy (non-hydrogen) atoms. The highest BCUT2D eigenvalue weighted by Gasteiger charge is 2.22. The molecule has 3 heterocycles. The molecule has 2 aromatic heterocycles. The number of aliphatic imine (C=N–C) groups is 1. The van der Waals surface area contributed by atoms with Crippen molar-refractivity contribution in [3.63, 3.8) is 0 Å². The van der Waals surface area contributed by atoms with Gasteiger partial charge in [0.25, 0.3) is 0 Å². The van der Waals surface area contributed by atoms with Crippen LogP contribution in [0.3, 0.4) is 0 Å². The summed E-state index contributed by atoms with van der Waals surface area (Å²) in [6.45, 7) is 1.85. The van der Waals surface area contributed by atoms with Crippen LogP contribution in [0.4, 0.5) is 0 Å².